The molecule has 0 bridgehead atoms. The summed E-state index contributed by atoms with van der Waals surface area (Å²) in [6, 6.07) is 16.0. The minimum absolute atomic E-state index is 0.0680. The van der Waals surface area contributed by atoms with Crippen molar-refractivity contribution in [3.05, 3.63) is 48.5 Å². The number of anilines is 1. The summed E-state index contributed by atoms with van der Waals surface area (Å²) in [4.78, 5) is 35.9. The highest BCUT2D eigenvalue weighted by Crippen LogP contribution is 2.31. The van der Waals surface area contributed by atoms with Crippen LogP contribution in [0.4, 0.5) is 5.69 Å². The maximum Gasteiger partial charge on any atom is 0.229 e. The first-order valence-electron chi connectivity index (χ1n) is 10.5. The summed E-state index contributed by atoms with van der Waals surface area (Å²) >= 11 is 1.55. The molecule has 1 aliphatic heterocycles. The number of rotatable bonds is 5. The lowest BCUT2D eigenvalue weighted by Crippen LogP contribution is -2.35. The second kappa shape index (κ2) is 8.14. The van der Waals surface area contributed by atoms with E-state index >= 15 is 0 Å². The lowest BCUT2D eigenvalue weighted by molar-refractivity contribution is -0.129. The first-order valence-corrected chi connectivity index (χ1v) is 11.3. The molecule has 1 saturated carbocycles. The number of hydrogen-bond acceptors (Lipinski definition) is 4. The highest BCUT2D eigenvalue weighted by molar-refractivity contribution is 7.99. The molecule has 5 rings (SSSR count). The standard InChI is InChI=1S/C23H24N4O2S/c28-21-13-15(14-27(21)17-5-1-2-6-17)22(29)24-16-9-11-18(12-10-16)30-23-25-19-7-3-4-8-20(19)26-23/h3-4,7-12,15,17H,1-2,5-6,13-14H2,(H,24,29)(H,25,26)/t15-/m1/s1. The number of hydrogen-bond donors (Lipinski definition) is 2. The molecule has 6 nitrogen and oxygen atoms in total. The van der Waals surface area contributed by atoms with E-state index in [1.165, 1.54) is 12.8 Å². The van der Waals surface area contributed by atoms with Crippen LogP contribution in [0, 0.1) is 5.92 Å². The topological polar surface area (TPSA) is 78.1 Å². The van der Waals surface area contributed by atoms with Gasteiger partial charge in [-0.3, -0.25) is 9.59 Å². The minimum Gasteiger partial charge on any atom is -0.339 e. The van der Waals surface area contributed by atoms with Gasteiger partial charge in [-0.2, -0.15) is 0 Å². The van der Waals surface area contributed by atoms with Gasteiger partial charge in [-0.1, -0.05) is 36.7 Å². The number of carbonyl (C=O) groups is 2. The second-order valence-electron chi connectivity index (χ2n) is 8.06. The summed E-state index contributed by atoms with van der Waals surface area (Å²) in [6.45, 7) is 0.551. The molecule has 0 unspecified atom stereocenters. The van der Waals surface area contributed by atoms with Gasteiger partial charge in [-0.25, -0.2) is 4.98 Å². The largest absolute Gasteiger partial charge is 0.339 e. The van der Waals surface area contributed by atoms with Gasteiger partial charge in [-0.15, -0.1) is 0 Å². The fourth-order valence-electron chi connectivity index (χ4n) is 4.42. The molecule has 0 radical (unpaired) electrons. The number of imidazole rings is 1. The maximum absolute atomic E-state index is 12.7. The molecule has 30 heavy (non-hydrogen) atoms. The Bertz CT molecular complexity index is 1040. The first kappa shape index (κ1) is 19.2. The van der Waals surface area contributed by atoms with Gasteiger partial charge in [0.1, 0.15) is 0 Å². The Labute approximate surface area is 179 Å². The summed E-state index contributed by atoms with van der Waals surface area (Å²) in [5.74, 6) is -0.205. The van der Waals surface area contributed by atoms with Crippen molar-refractivity contribution < 1.29 is 9.59 Å². The molecule has 154 valence electrons. The number of carbonyl (C=O) groups excluding carboxylic acids is 2. The number of nitrogens with zero attached hydrogens (tertiary/aromatic N) is 2. The van der Waals surface area contributed by atoms with E-state index in [9.17, 15) is 9.59 Å². The molecular weight excluding hydrogens is 396 g/mol. The Morgan fingerprint density at radius 2 is 1.87 bits per heavy atom. The summed E-state index contributed by atoms with van der Waals surface area (Å²) in [7, 11) is 0. The van der Waals surface area contributed by atoms with E-state index in [1.54, 1.807) is 11.8 Å². The van der Waals surface area contributed by atoms with E-state index in [0.29, 0.717) is 19.0 Å². The normalized spacial score (nSPS) is 19.7. The molecule has 2 aromatic carbocycles. The summed E-state index contributed by atoms with van der Waals surface area (Å²) in [6.07, 6.45) is 4.84. The number of H-pyrrole nitrogens is 1. The van der Waals surface area contributed by atoms with Gasteiger partial charge in [0.25, 0.3) is 0 Å². The Balaban J connectivity index is 1.19. The molecule has 1 aromatic heterocycles. The lowest BCUT2D eigenvalue weighted by atomic mass is 10.1. The Hall–Kier alpha value is -2.80. The molecule has 2 amide bonds. The van der Waals surface area contributed by atoms with Gasteiger partial charge < -0.3 is 15.2 Å². The zero-order valence-corrected chi connectivity index (χ0v) is 17.5. The van der Waals surface area contributed by atoms with E-state index < -0.39 is 0 Å². The van der Waals surface area contributed by atoms with Crippen LogP contribution in [-0.2, 0) is 9.59 Å². The summed E-state index contributed by atoms with van der Waals surface area (Å²) in [5.41, 5.74) is 2.71. The molecule has 1 atom stereocenters. The van der Waals surface area contributed by atoms with Crippen molar-refractivity contribution in [2.75, 3.05) is 11.9 Å². The second-order valence-corrected chi connectivity index (χ2v) is 9.12. The lowest BCUT2D eigenvalue weighted by Gasteiger charge is -2.23. The number of para-hydroxylation sites is 2. The van der Waals surface area contributed by atoms with Crippen molar-refractivity contribution in [1.29, 1.82) is 0 Å². The zero-order chi connectivity index (χ0) is 20.5. The molecule has 2 N–H and O–H groups in total. The summed E-state index contributed by atoms with van der Waals surface area (Å²) < 4.78 is 0. The van der Waals surface area contributed by atoms with Crippen LogP contribution < -0.4 is 5.32 Å². The van der Waals surface area contributed by atoms with Gasteiger partial charge in [0.15, 0.2) is 5.16 Å². The number of nitrogens with one attached hydrogen (secondary N) is 2. The van der Waals surface area contributed by atoms with Gasteiger partial charge >= 0.3 is 0 Å². The minimum atomic E-state index is -0.261. The number of fused-ring (bicyclic) bond motifs is 1. The van der Waals surface area contributed by atoms with E-state index in [2.05, 4.69) is 15.3 Å². The molecule has 3 aromatic rings. The average molecular weight is 421 g/mol. The van der Waals surface area contributed by atoms with Crippen molar-refractivity contribution in [2.24, 2.45) is 5.92 Å². The predicted octanol–water partition coefficient (Wildman–Crippen LogP) is 4.44. The number of aromatic nitrogens is 2. The van der Waals surface area contributed by atoms with Crippen LogP contribution in [0.5, 0.6) is 0 Å². The van der Waals surface area contributed by atoms with Gasteiger partial charge in [0.2, 0.25) is 11.8 Å². The number of amides is 2. The van der Waals surface area contributed by atoms with Gasteiger partial charge in [-0.05, 0) is 49.2 Å². The van der Waals surface area contributed by atoms with Crippen LogP contribution in [0.25, 0.3) is 11.0 Å². The quantitative estimate of drug-likeness (QED) is 0.639. The third kappa shape index (κ3) is 3.94. The highest BCUT2D eigenvalue weighted by Gasteiger charge is 2.38. The van der Waals surface area contributed by atoms with Crippen LogP contribution in [0.3, 0.4) is 0 Å². The molecular formula is C23H24N4O2S. The van der Waals surface area contributed by atoms with Gasteiger partial charge in [0, 0.05) is 29.6 Å². The van der Waals surface area contributed by atoms with Gasteiger partial charge in [0.05, 0.1) is 17.0 Å². The molecule has 0 spiro atoms. The predicted molar refractivity (Wildman–Crippen MR) is 117 cm³/mol. The monoisotopic (exact) mass is 420 g/mol. The zero-order valence-electron chi connectivity index (χ0n) is 16.6. The van der Waals surface area contributed by atoms with Crippen LogP contribution >= 0.6 is 11.8 Å². The van der Waals surface area contributed by atoms with Crippen LogP contribution in [-0.4, -0.2) is 39.3 Å². The highest BCUT2D eigenvalue weighted by atomic mass is 32.2. The maximum atomic E-state index is 12.7. The van der Waals surface area contributed by atoms with Crippen molar-refractivity contribution in [3.8, 4) is 0 Å². The number of aromatic amines is 1. The Kier molecular flexibility index (Phi) is 5.21. The van der Waals surface area contributed by atoms with Crippen LogP contribution in [0.2, 0.25) is 0 Å². The van der Waals surface area contributed by atoms with Crippen molar-refractivity contribution >= 4 is 40.3 Å². The average Bonchev–Trinajstić information content (AvgIpc) is 3.48. The molecule has 1 aliphatic carbocycles. The molecule has 2 aliphatic rings. The molecule has 2 heterocycles. The third-order valence-electron chi connectivity index (χ3n) is 6.00. The first-order chi connectivity index (χ1) is 14.7. The van der Waals surface area contributed by atoms with E-state index in [1.807, 2.05) is 53.4 Å². The van der Waals surface area contributed by atoms with E-state index in [4.69, 9.17) is 0 Å². The number of likely N-dealkylation sites (tertiary alicyclic amines) is 1. The molecule has 7 heteroatoms. The van der Waals surface area contributed by atoms with Crippen molar-refractivity contribution in [1.82, 2.24) is 14.9 Å². The van der Waals surface area contributed by atoms with Crippen LogP contribution in [0.15, 0.2) is 58.6 Å². The van der Waals surface area contributed by atoms with E-state index in [0.717, 1.165) is 39.6 Å². The fraction of sp³-hybridized carbons (Fsp3) is 0.348. The van der Waals surface area contributed by atoms with Crippen molar-refractivity contribution in [3.63, 3.8) is 0 Å². The van der Waals surface area contributed by atoms with Crippen molar-refractivity contribution in [2.45, 2.75) is 48.2 Å². The van der Waals surface area contributed by atoms with E-state index in [-0.39, 0.29) is 17.7 Å². The number of benzene rings is 2. The Morgan fingerprint density at radius 3 is 2.63 bits per heavy atom. The van der Waals surface area contributed by atoms with Crippen LogP contribution in [0.1, 0.15) is 32.1 Å². The third-order valence-corrected chi connectivity index (χ3v) is 6.89. The SMILES string of the molecule is O=C(Nc1ccc(Sc2nc3ccccc3[nH]2)cc1)[C@@H]1CC(=O)N(C2CCCC2)C1. The summed E-state index contributed by atoms with van der Waals surface area (Å²) in [5, 5.41) is 3.82. The Morgan fingerprint density at radius 1 is 1.10 bits per heavy atom. The molecule has 2 fully saturated rings. The molecule has 1 saturated heterocycles. The smallest absolute Gasteiger partial charge is 0.229 e. The fourth-order valence-corrected chi connectivity index (χ4v) is 5.22.